The number of rotatable bonds is 10. The van der Waals surface area contributed by atoms with Crippen LogP contribution in [-0.2, 0) is 6.54 Å². The maximum atomic E-state index is 6.13. The van der Waals surface area contributed by atoms with Gasteiger partial charge >= 0.3 is 0 Å². The first kappa shape index (κ1) is 17.3. The third-order valence-corrected chi connectivity index (χ3v) is 3.60. The highest BCUT2D eigenvalue weighted by molar-refractivity contribution is 6.31. The first-order chi connectivity index (χ1) is 9.67. The average molecular weight is 299 g/mol. The number of hydrogen-bond donors (Lipinski definition) is 1. The monoisotopic (exact) mass is 298 g/mol. The molecule has 0 saturated carbocycles. The van der Waals surface area contributed by atoms with Crippen molar-refractivity contribution in [2.45, 2.75) is 65.5 Å². The predicted molar refractivity (Wildman–Crippen MR) is 85.5 cm³/mol. The molecule has 1 rings (SSSR count). The summed E-state index contributed by atoms with van der Waals surface area (Å²) < 4.78 is 5.87. The molecular formula is C16H27ClN2O. The SMILES string of the molecule is CCCCCCC(C)Oc1cc(CNCC)c(Cl)cn1. The van der Waals surface area contributed by atoms with Crippen molar-refractivity contribution in [2.24, 2.45) is 0 Å². The molecule has 1 aromatic heterocycles. The smallest absolute Gasteiger partial charge is 0.213 e. The van der Waals surface area contributed by atoms with Crippen LogP contribution in [0.4, 0.5) is 0 Å². The Morgan fingerprint density at radius 1 is 1.30 bits per heavy atom. The zero-order valence-electron chi connectivity index (χ0n) is 12.9. The van der Waals surface area contributed by atoms with E-state index in [0.717, 1.165) is 25.1 Å². The lowest BCUT2D eigenvalue weighted by Gasteiger charge is -2.15. The number of nitrogens with zero attached hydrogens (tertiary/aromatic N) is 1. The van der Waals surface area contributed by atoms with Gasteiger partial charge in [-0.05, 0) is 31.9 Å². The maximum absolute atomic E-state index is 6.13. The van der Waals surface area contributed by atoms with Crippen molar-refractivity contribution >= 4 is 11.6 Å². The van der Waals surface area contributed by atoms with Crippen molar-refractivity contribution in [1.82, 2.24) is 10.3 Å². The summed E-state index contributed by atoms with van der Waals surface area (Å²) in [5, 5.41) is 3.96. The number of hydrogen-bond acceptors (Lipinski definition) is 3. The number of halogens is 1. The molecule has 1 aromatic rings. The number of aromatic nitrogens is 1. The van der Waals surface area contributed by atoms with Crippen LogP contribution >= 0.6 is 11.6 Å². The Hall–Kier alpha value is -0.800. The second-order valence-electron chi connectivity index (χ2n) is 5.17. The summed E-state index contributed by atoms with van der Waals surface area (Å²) in [4.78, 5) is 4.25. The molecule has 0 amide bonds. The van der Waals surface area contributed by atoms with Crippen LogP contribution in [0.5, 0.6) is 5.88 Å². The van der Waals surface area contributed by atoms with Crippen LogP contribution in [0.1, 0.15) is 58.4 Å². The maximum Gasteiger partial charge on any atom is 0.213 e. The van der Waals surface area contributed by atoms with E-state index in [1.165, 1.54) is 25.7 Å². The summed E-state index contributed by atoms with van der Waals surface area (Å²) in [5.74, 6) is 0.672. The number of pyridine rings is 1. The molecule has 20 heavy (non-hydrogen) atoms. The van der Waals surface area contributed by atoms with Crippen LogP contribution < -0.4 is 10.1 Å². The first-order valence-electron chi connectivity index (χ1n) is 7.69. The molecule has 0 aromatic carbocycles. The second kappa shape index (κ2) is 10.0. The predicted octanol–water partition coefficient (Wildman–Crippen LogP) is 4.58. The quantitative estimate of drug-likeness (QED) is 0.642. The molecular weight excluding hydrogens is 272 g/mol. The number of ether oxygens (including phenoxy) is 1. The van der Waals surface area contributed by atoms with Gasteiger partial charge in [0.1, 0.15) is 0 Å². The average Bonchev–Trinajstić information content (AvgIpc) is 2.44. The fourth-order valence-electron chi connectivity index (χ4n) is 2.04. The molecule has 0 saturated heterocycles. The van der Waals surface area contributed by atoms with Gasteiger partial charge in [0.05, 0.1) is 11.1 Å². The van der Waals surface area contributed by atoms with Crippen molar-refractivity contribution in [3.63, 3.8) is 0 Å². The van der Waals surface area contributed by atoms with Crippen molar-refractivity contribution < 1.29 is 4.74 Å². The minimum absolute atomic E-state index is 0.201. The molecule has 1 heterocycles. The Morgan fingerprint density at radius 3 is 2.80 bits per heavy atom. The minimum atomic E-state index is 0.201. The molecule has 1 N–H and O–H groups in total. The van der Waals surface area contributed by atoms with Gasteiger partial charge in [0.2, 0.25) is 5.88 Å². The molecule has 0 aliphatic rings. The van der Waals surface area contributed by atoms with Gasteiger partial charge in [-0.15, -0.1) is 0 Å². The summed E-state index contributed by atoms with van der Waals surface area (Å²) in [6.07, 6.45) is 8.02. The van der Waals surface area contributed by atoms with Crippen molar-refractivity contribution in [3.8, 4) is 5.88 Å². The standard InChI is InChI=1S/C16H27ClN2O/c1-4-6-7-8-9-13(3)20-16-10-14(11-18-5-2)15(17)12-19-16/h10,12-13,18H,4-9,11H2,1-3H3. The van der Waals surface area contributed by atoms with Crippen molar-refractivity contribution in [1.29, 1.82) is 0 Å². The van der Waals surface area contributed by atoms with Gasteiger partial charge in [0.15, 0.2) is 0 Å². The second-order valence-corrected chi connectivity index (χ2v) is 5.58. The largest absolute Gasteiger partial charge is 0.475 e. The summed E-state index contributed by atoms with van der Waals surface area (Å²) >= 11 is 6.13. The van der Waals surface area contributed by atoms with Crippen LogP contribution in [0.15, 0.2) is 12.3 Å². The molecule has 0 fully saturated rings. The van der Waals surface area contributed by atoms with Crippen LogP contribution in [-0.4, -0.2) is 17.6 Å². The van der Waals surface area contributed by atoms with E-state index in [9.17, 15) is 0 Å². The fourth-order valence-corrected chi connectivity index (χ4v) is 2.21. The third-order valence-electron chi connectivity index (χ3n) is 3.26. The normalized spacial score (nSPS) is 12.4. The van der Waals surface area contributed by atoms with Crippen molar-refractivity contribution in [2.75, 3.05) is 6.54 Å². The molecule has 0 aliphatic carbocycles. The number of unbranched alkanes of at least 4 members (excludes halogenated alkanes) is 3. The molecule has 0 aliphatic heterocycles. The summed E-state index contributed by atoms with van der Waals surface area (Å²) in [6.45, 7) is 8.07. The number of nitrogens with one attached hydrogen (secondary N) is 1. The molecule has 1 atom stereocenters. The Balaban J connectivity index is 2.46. The summed E-state index contributed by atoms with van der Waals surface area (Å²) in [5.41, 5.74) is 1.04. The molecule has 3 nitrogen and oxygen atoms in total. The minimum Gasteiger partial charge on any atom is -0.475 e. The lowest BCUT2D eigenvalue weighted by Crippen LogP contribution is -2.14. The van der Waals surface area contributed by atoms with Gasteiger partial charge in [-0.1, -0.05) is 44.7 Å². The Bertz CT molecular complexity index is 385. The van der Waals surface area contributed by atoms with Gasteiger partial charge < -0.3 is 10.1 Å². The van der Waals surface area contributed by atoms with E-state index < -0.39 is 0 Å². The highest BCUT2D eigenvalue weighted by Gasteiger charge is 2.08. The Labute approximate surface area is 128 Å². The van der Waals surface area contributed by atoms with E-state index in [-0.39, 0.29) is 6.10 Å². The van der Waals surface area contributed by atoms with E-state index >= 15 is 0 Å². The Kier molecular flexibility index (Phi) is 8.63. The van der Waals surface area contributed by atoms with E-state index in [1.807, 2.05) is 6.07 Å². The highest BCUT2D eigenvalue weighted by atomic mass is 35.5. The molecule has 0 radical (unpaired) electrons. The van der Waals surface area contributed by atoms with Crippen LogP contribution in [0, 0.1) is 0 Å². The molecule has 4 heteroatoms. The first-order valence-corrected chi connectivity index (χ1v) is 8.07. The van der Waals surface area contributed by atoms with E-state index in [1.54, 1.807) is 6.20 Å². The molecule has 0 spiro atoms. The van der Waals surface area contributed by atoms with Gasteiger partial charge in [-0.25, -0.2) is 4.98 Å². The summed E-state index contributed by atoms with van der Waals surface area (Å²) in [6, 6.07) is 1.94. The zero-order valence-corrected chi connectivity index (χ0v) is 13.7. The van der Waals surface area contributed by atoms with E-state index in [0.29, 0.717) is 10.9 Å². The lowest BCUT2D eigenvalue weighted by atomic mass is 10.1. The highest BCUT2D eigenvalue weighted by Crippen LogP contribution is 2.21. The van der Waals surface area contributed by atoms with Crippen LogP contribution in [0.3, 0.4) is 0 Å². The molecule has 1 unspecified atom stereocenters. The van der Waals surface area contributed by atoms with Gasteiger partial charge in [-0.2, -0.15) is 0 Å². The third kappa shape index (κ3) is 6.58. The summed E-state index contributed by atoms with van der Waals surface area (Å²) in [7, 11) is 0. The van der Waals surface area contributed by atoms with Gasteiger partial charge in [0, 0.05) is 18.8 Å². The van der Waals surface area contributed by atoms with E-state index in [2.05, 4.69) is 31.1 Å². The topological polar surface area (TPSA) is 34.1 Å². The van der Waals surface area contributed by atoms with E-state index in [4.69, 9.17) is 16.3 Å². The lowest BCUT2D eigenvalue weighted by molar-refractivity contribution is 0.198. The van der Waals surface area contributed by atoms with Gasteiger partial charge in [-0.3, -0.25) is 0 Å². The van der Waals surface area contributed by atoms with Crippen LogP contribution in [0.25, 0.3) is 0 Å². The zero-order chi connectivity index (χ0) is 14.8. The van der Waals surface area contributed by atoms with Gasteiger partial charge in [0.25, 0.3) is 0 Å². The molecule has 114 valence electrons. The fraction of sp³-hybridized carbons (Fsp3) is 0.688. The van der Waals surface area contributed by atoms with Crippen LogP contribution in [0.2, 0.25) is 5.02 Å². The Morgan fingerprint density at radius 2 is 2.10 bits per heavy atom. The van der Waals surface area contributed by atoms with Crippen molar-refractivity contribution in [3.05, 3.63) is 22.8 Å². The molecule has 0 bridgehead atoms.